The van der Waals surface area contributed by atoms with Crippen LogP contribution < -0.4 is 0 Å². The summed E-state index contributed by atoms with van der Waals surface area (Å²) in [4.78, 5) is 8.34. The predicted octanol–water partition coefficient (Wildman–Crippen LogP) is 3.59. The fourth-order valence-electron chi connectivity index (χ4n) is 1.07. The molecule has 0 fully saturated rings. The van der Waals surface area contributed by atoms with Gasteiger partial charge in [0.25, 0.3) is 0 Å². The Morgan fingerprint density at radius 3 is 2.21 bits per heavy atom. The summed E-state index contributed by atoms with van der Waals surface area (Å²) in [6.45, 7) is 2.05. The van der Waals surface area contributed by atoms with E-state index in [1.807, 2.05) is 31.0 Å². The van der Waals surface area contributed by atoms with Crippen molar-refractivity contribution in [3.05, 3.63) is 36.2 Å². The zero-order chi connectivity index (χ0) is 9.68. The first-order valence-electron chi connectivity index (χ1n) is 3.91. The molecular formula is C11H15BrN2. The summed E-state index contributed by atoms with van der Waals surface area (Å²) in [5.41, 5.74) is 3.14. The average Bonchev–Trinajstić information content (AvgIpc) is 2.21. The molecule has 76 valence electrons. The van der Waals surface area contributed by atoms with Gasteiger partial charge in [-0.05, 0) is 30.5 Å². The molecule has 0 amide bonds. The number of aromatic nitrogens is 2. The fourth-order valence-corrected chi connectivity index (χ4v) is 1.07. The molecule has 0 aliphatic rings. The Morgan fingerprint density at radius 2 is 1.57 bits per heavy atom. The monoisotopic (exact) mass is 254 g/mol. The first-order valence-corrected chi connectivity index (χ1v) is 5.50. The predicted molar refractivity (Wildman–Crippen MR) is 65.9 cm³/mol. The van der Waals surface area contributed by atoms with Gasteiger partial charge < -0.3 is 0 Å². The zero-order valence-electron chi connectivity index (χ0n) is 7.66. The standard InChI is InChI=1S/C9H8N2.CH3Br.CH4/c1-7-2-3-8-9(6-7)11-5-4-10-8;1-2;/h2-6H,1H3;1H3;1H4. The number of benzene rings is 1. The molecule has 2 aromatic rings. The number of fused-ring (bicyclic) bond motifs is 1. The van der Waals surface area contributed by atoms with Crippen LogP contribution in [0.3, 0.4) is 0 Å². The van der Waals surface area contributed by atoms with E-state index in [9.17, 15) is 0 Å². The molecule has 1 heterocycles. The number of halogens is 1. The highest BCUT2D eigenvalue weighted by atomic mass is 79.9. The third-order valence-corrected chi connectivity index (χ3v) is 1.62. The number of hydrogen-bond acceptors (Lipinski definition) is 2. The molecule has 0 atom stereocenters. The van der Waals surface area contributed by atoms with Crippen LogP contribution in [0.5, 0.6) is 0 Å². The van der Waals surface area contributed by atoms with E-state index in [1.54, 1.807) is 12.4 Å². The van der Waals surface area contributed by atoms with Crippen molar-refractivity contribution in [3.63, 3.8) is 0 Å². The topological polar surface area (TPSA) is 25.8 Å². The van der Waals surface area contributed by atoms with E-state index in [2.05, 4.69) is 25.9 Å². The third kappa shape index (κ3) is 3.07. The molecule has 0 saturated heterocycles. The molecule has 0 aliphatic heterocycles. The van der Waals surface area contributed by atoms with Crippen molar-refractivity contribution in [1.29, 1.82) is 0 Å². The number of hydrogen-bond donors (Lipinski definition) is 0. The van der Waals surface area contributed by atoms with Gasteiger partial charge in [0.05, 0.1) is 11.0 Å². The van der Waals surface area contributed by atoms with Gasteiger partial charge in [-0.15, -0.1) is 0 Å². The van der Waals surface area contributed by atoms with Gasteiger partial charge in [-0.25, -0.2) is 0 Å². The van der Waals surface area contributed by atoms with Crippen molar-refractivity contribution in [3.8, 4) is 0 Å². The van der Waals surface area contributed by atoms with Crippen LogP contribution in [0, 0.1) is 6.92 Å². The van der Waals surface area contributed by atoms with E-state index in [1.165, 1.54) is 5.56 Å². The molecule has 0 unspecified atom stereocenters. The lowest BCUT2D eigenvalue weighted by Gasteiger charge is -1.95. The maximum Gasteiger partial charge on any atom is 0.0889 e. The summed E-state index contributed by atoms with van der Waals surface area (Å²) in [7, 11) is 0. The maximum absolute atomic E-state index is 4.18. The van der Waals surface area contributed by atoms with Crippen molar-refractivity contribution in [1.82, 2.24) is 9.97 Å². The largest absolute Gasteiger partial charge is 0.253 e. The zero-order valence-corrected chi connectivity index (χ0v) is 9.25. The first-order chi connectivity index (χ1) is 6.36. The molecule has 2 rings (SSSR count). The summed E-state index contributed by atoms with van der Waals surface area (Å²) in [5, 5.41) is 0. The van der Waals surface area contributed by atoms with E-state index in [-0.39, 0.29) is 7.43 Å². The van der Waals surface area contributed by atoms with Crippen LogP contribution in [0.1, 0.15) is 13.0 Å². The van der Waals surface area contributed by atoms with Crippen molar-refractivity contribution < 1.29 is 0 Å². The highest BCUT2D eigenvalue weighted by molar-refractivity contribution is 9.08. The number of alkyl halides is 1. The molecule has 2 nitrogen and oxygen atoms in total. The fraction of sp³-hybridized carbons (Fsp3) is 0.273. The van der Waals surface area contributed by atoms with Crippen LogP contribution in [0.2, 0.25) is 0 Å². The molecule has 0 N–H and O–H groups in total. The summed E-state index contributed by atoms with van der Waals surface area (Å²) in [6.07, 6.45) is 3.42. The Hall–Kier alpha value is -0.960. The summed E-state index contributed by atoms with van der Waals surface area (Å²) < 4.78 is 0. The van der Waals surface area contributed by atoms with Crippen LogP contribution in [-0.4, -0.2) is 15.8 Å². The van der Waals surface area contributed by atoms with E-state index >= 15 is 0 Å². The molecular weight excluding hydrogens is 240 g/mol. The second-order valence-electron chi connectivity index (χ2n) is 2.55. The normalized spacial score (nSPS) is 8.50. The Labute approximate surface area is 93.5 Å². The van der Waals surface area contributed by atoms with Gasteiger partial charge in [-0.1, -0.05) is 29.4 Å². The Morgan fingerprint density at radius 1 is 1.00 bits per heavy atom. The molecule has 0 bridgehead atoms. The first kappa shape index (κ1) is 13.0. The van der Waals surface area contributed by atoms with Gasteiger partial charge in [0.15, 0.2) is 0 Å². The van der Waals surface area contributed by atoms with Crippen molar-refractivity contribution in [2.75, 3.05) is 5.83 Å². The Bertz CT molecular complexity index is 388. The average molecular weight is 255 g/mol. The van der Waals surface area contributed by atoms with Gasteiger partial charge in [-0.2, -0.15) is 0 Å². The molecule has 14 heavy (non-hydrogen) atoms. The van der Waals surface area contributed by atoms with Crippen LogP contribution in [0.25, 0.3) is 11.0 Å². The third-order valence-electron chi connectivity index (χ3n) is 1.62. The highest BCUT2D eigenvalue weighted by Gasteiger charge is 1.92. The van der Waals surface area contributed by atoms with Crippen molar-refractivity contribution in [2.24, 2.45) is 0 Å². The summed E-state index contributed by atoms with van der Waals surface area (Å²) in [5.74, 6) is 1.81. The Balaban J connectivity index is 0.000000531. The van der Waals surface area contributed by atoms with Crippen LogP contribution >= 0.6 is 15.9 Å². The lowest BCUT2D eigenvalue weighted by atomic mass is 10.2. The van der Waals surface area contributed by atoms with E-state index in [0.717, 1.165) is 11.0 Å². The SMILES string of the molecule is C.CBr.Cc1ccc2nccnc2c1. The number of rotatable bonds is 0. The van der Waals surface area contributed by atoms with Gasteiger partial charge >= 0.3 is 0 Å². The molecule has 1 aromatic carbocycles. The van der Waals surface area contributed by atoms with E-state index in [0.29, 0.717) is 0 Å². The number of aryl methyl sites for hydroxylation is 1. The van der Waals surface area contributed by atoms with E-state index < -0.39 is 0 Å². The maximum atomic E-state index is 4.18. The second-order valence-corrected chi connectivity index (χ2v) is 2.55. The smallest absolute Gasteiger partial charge is 0.0889 e. The van der Waals surface area contributed by atoms with Gasteiger partial charge in [0.1, 0.15) is 0 Å². The molecule has 0 radical (unpaired) electrons. The second kappa shape index (κ2) is 6.49. The molecule has 3 heteroatoms. The van der Waals surface area contributed by atoms with Gasteiger partial charge in [-0.3, -0.25) is 9.97 Å². The summed E-state index contributed by atoms with van der Waals surface area (Å²) in [6, 6.07) is 6.05. The quantitative estimate of drug-likeness (QED) is 0.672. The van der Waals surface area contributed by atoms with Crippen molar-refractivity contribution in [2.45, 2.75) is 14.4 Å². The van der Waals surface area contributed by atoms with Crippen LogP contribution in [0.15, 0.2) is 30.6 Å². The van der Waals surface area contributed by atoms with Gasteiger partial charge in [0.2, 0.25) is 0 Å². The van der Waals surface area contributed by atoms with Crippen molar-refractivity contribution >= 4 is 27.0 Å². The molecule has 0 saturated carbocycles. The molecule has 1 aromatic heterocycles. The minimum absolute atomic E-state index is 0. The lowest BCUT2D eigenvalue weighted by Crippen LogP contribution is -1.81. The molecule has 0 spiro atoms. The van der Waals surface area contributed by atoms with E-state index in [4.69, 9.17) is 0 Å². The highest BCUT2D eigenvalue weighted by Crippen LogP contribution is 2.08. The lowest BCUT2D eigenvalue weighted by molar-refractivity contribution is 1.28. The van der Waals surface area contributed by atoms with Crippen LogP contribution in [-0.2, 0) is 0 Å². The molecule has 0 aliphatic carbocycles. The van der Waals surface area contributed by atoms with Gasteiger partial charge in [0, 0.05) is 12.4 Å². The van der Waals surface area contributed by atoms with Crippen LogP contribution in [0.4, 0.5) is 0 Å². The summed E-state index contributed by atoms with van der Waals surface area (Å²) >= 11 is 2.94. The Kier molecular flexibility index (Phi) is 6.04. The minimum Gasteiger partial charge on any atom is -0.253 e. The number of nitrogens with zero attached hydrogens (tertiary/aromatic N) is 2. The minimum atomic E-state index is 0.